The number of unbranched alkanes of at least 4 members (excludes halogenated alkanes) is 2. The molecule has 0 aliphatic heterocycles. The Bertz CT molecular complexity index is 2320. The van der Waals surface area contributed by atoms with Gasteiger partial charge < -0.3 is 35.4 Å². The van der Waals surface area contributed by atoms with Crippen molar-refractivity contribution in [3.05, 3.63) is 84.4 Å². The van der Waals surface area contributed by atoms with Crippen LogP contribution in [0.4, 0.5) is 9.59 Å². The molecular formula is C44H53N7O5. The fourth-order valence-corrected chi connectivity index (χ4v) is 6.71. The fraction of sp³-hybridized carbons (Fsp3) is 0.386. The van der Waals surface area contributed by atoms with Crippen LogP contribution in [0.2, 0.25) is 0 Å². The van der Waals surface area contributed by atoms with E-state index in [4.69, 9.17) is 14.7 Å². The second kappa shape index (κ2) is 17.7. The number of hydrogen-bond donors (Lipinski definition) is 5. The highest BCUT2D eigenvalue weighted by atomic mass is 16.6. The Morgan fingerprint density at radius 1 is 0.661 bits per heavy atom. The Balaban J connectivity index is 1.02. The average Bonchev–Trinajstić information content (AvgIpc) is 3.77. The van der Waals surface area contributed by atoms with Crippen LogP contribution in [-0.4, -0.2) is 69.9 Å². The van der Waals surface area contributed by atoms with Crippen molar-refractivity contribution < 1.29 is 23.9 Å². The topological polar surface area (TPSA) is 163 Å². The summed E-state index contributed by atoms with van der Waals surface area (Å²) in [6.45, 7) is 10.4. The molecular weight excluding hydrogens is 707 g/mol. The van der Waals surface area contributed by atoms with Gasteiger partial charge in [-0.3, -0.25) is 4.79 Å². The Morgan fingerprint density at radius 3 is 1.62 bits per heavy atom. The van der Waals surface area contributed by atoms with Crippen molar-refractivity contribution in [2.75, 3.05) is 20.2 Å². The van der Waals surface area contributed by atoms with E-state index < -0.39 is 17.7 Å². The van der Waals surface area contributed by atoms with E-state index in [-0.39, 0.29) is 17.9 Å². The summed E-state index contributed by atoms with van der Waals surface area (Å²) in [5.74, 6) is 1.58. The van der Waals surface area contributed by atoms with Gasteiger partial charge >= 0.3 is 12.2 Å². The number of fused-ring (bicyclic) bond motifs is 3. The predicted octanol–water partition coefficient (Wildman–Crippen LogP) is 8.59. The molecule has 0 saturated carbocycles. The van der Waals surface area contributed by atoms with Gasteiger partial charge in [-0.25, -0.2) is 19.6 Å². The lowest BCUT2D eigenvalue weighted by atomic mass is 9.97. The zero-order chi connectivity index (χ0) is 39.8. The number of carbonyl (C=O) groups is 3. The number of H-pyrrole nitrogens is 2. The van der Waals surface area contributed by atoms with Crippen molar-refractivity contribution in [3.63, 3.8) is 0 Å². The quantitative estimate of drug-likeness (QED) is 0.0655. The SMILES string of the molecule is COC(=O)NC(C(=O)NCCCCc1nc2ccc(-c3ccc4cc(-c5ccc6nc(CCCCNC(=O)OC(C)(C)C)[nH]c6c5)ccc4c3)cc2[nH]1)C(C)C. The minimum absolute atomic E-state index is 0.0618. The normalized spacial score (nSPS) is 12.3. The Kier molecular flexibility index (Phi) is 12.6. The van der Waals surface area contributed by atoms with Gasteiger partial charge in [-0.15, -0.1) is 0 Å². The predicted molar refractivity (Wildman–Crippen MR) is 221 cm³/mol. The van der Waals surface area contributed by atoms with Crippen LogP contribution in [0.5, 0.6) is 0 Å². The van der Waals surface area contributed by atoms with Gasteiger partial charge in [0.2, 0.25) is 5.91 Å². The molecule has 0 saturated heterocycles. The number of benzene rings is 4. The van der Waals surface area contributed by atoms with Crippen LogP contribution in [0.15, 0.2) is 72.8 Å². The number of rotatable bonds is 15. The zero-order valence-corrected chi connectivity index (χ0v) is 33.2. The van der Waals surface area contributed by atoms with Crippen molar-refractivity contribution in [2.24, 2.45) is 5.92 Å². The van der Waals surface area contributed by atoms with Crippen LogP contribution in [0.25, 0.3) is 55.1 Å². The first-order chi connectivity index (χ1) is 26.8. The largest absolute Gasteiger partial charge is 0.453 e. The monoisotopic (exact) mass is 759 g/mol. The maximum absolute atomic E-state index is 12.6. The van der Waals surface area contributed by atoms with Crippen LogP contribution in [0, 0.1) is 5.92 Å². The standard InChI is InChI=1S/C44H53N7O5/c1-27(2)40(51-43(54)55-6)41(52)45-21-9-7-11-38-47-34-19-17-32(25-36(34)49-38)30-15-13-29-24-31(16-14-28(29)23-30)33-18-20-35-37(26-33)50-39(48-35)12-8-10-22-46-42(53)56-44(3,4)5/h13-20,23-27,40H,7-12,21-22H2,1-6H3,(H,45,52)(H,46,53)(H,47,49)(H,48,50)(H,51,54). The molecule has 3 amide bonds. The average molecular weight is 760 g/mol. The lowest BCUT2D eigenvalue weighted by Gasteiger charge is -2.20. The fourth-order valence-electron chi connectivity index (χ4n) is 6.71. The summed E-state index contributed by atoms with van der Waals surface area (Å²) in [6.07, 6.45) is 3.94. The highest BCUT2D eigenvalue weighted by Gasteiger charge is 2.24. The molecule has 5 N–H and O–H groups in total. The molecule has 0 aliphatic carbocycles. The van der Waals surface area contributed by atoms with E-state index in [0.29, 0.717) is 13.1 Å². The summed E-state index contributed by atoms with van der Waals surface area (Å²) in [5, 5.41) is 10.7. The minimum atomic E-state index is -0.642. The van der Waals surface area contributed by atoms with Gasteiger partial charge in [-0.1, -0.05) is 50.2 Å². The van der Waals surface area contributed by atoms with Gasteiger partial charge in [-0.2, -0.15) is 0 Å². The summed E-state index contributed by atoms with van der Waals surface area (Å²) < 4.78 is 9.94. The van der Waals surface area contributed by atoms with Crippen molar-refractivity contribution in [1.82, 2.24) is 35.9 Å². The summed E-state index contributed by atoms with van der Waals surface area (Å²) in [6, 6.07) is 25.2. The van der Waals surface area contributed by atoms with E-state index in [1.165, 1.54) is 7.11 Å². The molecule has 1 unspecified atom stereocenters. The van der Waals surface area contributed by atoms with E-state index in [1.54, 1.807) is 0 Å². The van der Waals surface area contributed by atoms with Crippen LogP contribution >= 0.6 is 0 Å². The number of nitrogens with zero attached hydrogens (tertiary/aromatic N) is 2. The van der Waals surface area contributed by atoms with Crippen molar-refractivity contribution in [2.45, 2.75) is 84.8 Å². The number of aryl methyl sites for hydroxylation is 2. The number of imidazole rings is 2. The second-order valence-corrected chi connectivity index (χ2v) is 15.6. The molecule has 56 heavy (non-hydrogen) atoms. The molecule has 0 aliphatic rings. The van der Waals surface area contributed by atoms with Crippen LogP contribution in [0.3, 0.4) is 0 Å². The lowest BCUT2D eigenvalue weighted by molar-refractivity contribution is -0.124. The number of alkyl carbamates (subject to hydrolysis) is 2. The van der Waals surface area contributed by atoms with E-state index in [0.717, 1.165) is 105 Å². The molecule has 12 heteroatoms. The number of aromatic nitrogens is 4. The van der Waals surface area contributed by atoms with Gasteiger partial charge in [-0.05, 0) is 122 Å². The number of hydrogen-bond acceptors (Lipinski definition) is 7. The number of ether oxygens (including phenoxy) is 2. The van der Waals surface area contributed by atoms with Gasteiger partial charge in [0.15, 0.2) is 0 Å². The molecule has 0 fully saturated rings. The molecule has 2 heterocycles. The minimum Gasteiger partial charge on any atom is -0.453 e. The van der Waals surface area contributed by atoms with Gasteiger partial charge in [0, 0.05) is 25.9 Å². The van der Waals surface area contributed by atoms with E-state index in [9.17, 15) is 14.4 Å². The first-order valence-corrected chi connectivity index (χ1v) is 19.5. The third-order valence-electron chi connectivity index (χ3n) is 9.62. The van der Waals surface area contributed by atoms with E-state index >= 15 is 0 Å². The zero-order valence-electron chi connectivity index (χ0n) is 33.2. The maximum atomic E-state index is 12.6. The van der Waals surface area contributed by atoms with Gasteiger partial charge in [0.1, 0.15) is 23.3 Å². The van der Waals surface area contributed by atoms with E-state index in [2.05, 4.69) is 103 Å². The maximum Gasteiger partial charge on any atom is 0.407 e. The summed E-state index contributed by atoms with van der Waals surface area (Å²) >= 11 is 0. The number of aromatic amines is 2. The molecule has 2 aromatic heterocycles. The lowest BCUT2D eigenvalue weighted by Crippen LogP contribution is -2.49. The van der Waals surface area contributed by atoms with Crippen molar-refractivity contribution in [1.29, 1.82) is 0 Å². The van der Waals surface area contributed by atoms with Crippen LogP contribution < -0.4 is 16.0 Å². The molecule has 0 spiro atoms. The molecule has 6 rings (SSSR count). The Hall–Kier alpha value is -5.91. The Morgan fingerprint density at radius 2 is 1.14 bits per heavy atom. The van der Waals surface area contributed by atoms with Crippen LogP contribution in [0.1, 0.15) is 72.0 Å². The molecule has 0 radical (unpaired) electrons. The second-order valence-electron chi connectivity index (χ2n) is 15.6. The third-order valence-corrected chi connectivity index (χ3v) is 9.62. The molecule has 0 bridgehead atoms. The first-order valence-electron chi connectivity index (χ1n) is 19.5. The summed E-state index contributed by atoms with van der Waals surface area (Å²) in [5.41, 5.74) is 7.86. The molecule has 4 aromatic carbocycles. The first kappa shape index (κ1) is 39.8. The highest BCUT2D eigenvalue weighted by molar-refractivity contribution is 5.93. The number of nitrogens with one attached hydrogen (secondary N) is 5. The van der Waals surface area contributed by atoms with Crippen LogP contribution in [-0.2, 0) is 27.1 Å². The smallest absolute Gasteiger partial charge is 0.407 e. The van der Waals surface area contributed by atoms with Crippen molar-refractivity contribution >= 4 is 50.9 Å². The van der Waals surface area contributed by atoms with Crippen molar-refractivity contribution in [3.8, 4) is 22.3 Å². The molecule has 294 valence electrons. The number of methoxy groups -OCH3 is 1. The summed E-state index contributed by atoms with van der Waals surface area (Å²) in [7, 11) is 1.28. The Labute approximate surface area is 327 Å². The molecule has 6 aromatic rings. The number of amides is 3. The number of carbonyl (C=O) groups excluding carboxylic acids is 3. The van der Waals surface area contributed by atoms with E-state index in [1.807, 2.05) is 34.6 Å². The van der Waals surface area contributed by atoms with Gasteiger partial charge in [0.25, 0.3) is 0 Å². The highest BCUT2D eigenvalue weighted by Crippen LogP contribution is 2.31. The van der Waals surface area contributed by atoms with Gasteiger partial charge in [0.05, 0.1) is 29.2 Å². The molecule has 12 nitrogen and oxygen atoms in total. The third kappa shape index (κ3) is 10.4. The summed E-state index contributed by atoms with van der Waals surface area (Å²) in [4.78, 5) is 52.6. The molecule has 1 atom stereocenters.